The summed E-state index contributed by atoms with van der Waals surface area (Å²) in [6.07, 6.45) is 0.0122. The Morgan fingerprint density at radius 1 is 1.59 bits per heavy atom. The molecule has 1 aromatic rings. The van der Waals surface area contributed by atoms with Crippen molar-refractivity contribution in [3.8, 4) is 5.75 Å². The molecule has 2 atom stereocenters. The van der Waals surface area contributed by atoms with Crippen LogP contribution in [0.5, 0.6) is 5.75 Å². The lowest BCUT2D eigenvalue weighted by Crippen LogP contribution is -2.21. The van der Waals surface area contributed by atoms with E-state index < -0.39 is 6.10 Å². The number of esters is 1. The monoisotopic (exact) mass is 255 g/mol. The van der Waals surface area contributed by atoms with Gasteiger partial charge in [0, 0.05) is 12.5 Å². The molecule has 1 heterocycles. The van der Waals surface area contributed by atoms with E-state index in [1.165, 1.54) is 0 Å². The van der Waals surface area contributed by atoms with Crippen LogP contribution in [0.1, 0.15) is 24.9 Å². The zero-order valence-corrected chi connectivity index (χ0v) is 10.2. The first-order chi connectivity index (χ1) is 8.08. The minimum atomic E-state index is -0.548. The number of rotatable bonds is 3. The van der Waals surface area contributed by atoms with Gasteiger partial charge in [-0.25, -0.2) is 4.79 Å². The predicted molar refractivity (Wildman–Crippen MR) is 64.0 cm³/mol. The van der Waals surface area contributed by atoms with Gasteiger partial charge in [-0.05, 0) is 24.6 Å². The number of ether oxygens (including phenoxy) is 2. The molecule has 0 aliphatic carbocycles. The molecule has 2 N–H and O–H groups in total. The molecule has 0 spiro atoms. The average Bonchev–Trinajstić information content (AvgIpc) is 2.67. The molecule has 1 aromatic carbocycles. The van der Waals surface area contributed by atoms with E-state index in [-0.39, 0.29) is 12.0 Å². The van der Waals surface area contributed by atoms with Crippen molar-refractivity contribution in [3.63, 3.8) is 0 Å². The fourth-order valence-corrected chi connectivity index (χ4v) is 1.87. The van der Waals surface area contributed by atoms with Crippen molar-refractivity contribution in [2.24, 2.45) is 5.73 Å². The van der Waals surface area contributed by atoms with E-state index >= 15 is 0 Å². The summed E-state index contributed by atoms with van der Waals surface area (Å²) in [5.74, 6) is 0.150. The molecular weight excluding hydrogens is 242 g/mol. The van der Waals surface area contributed by atoms with Crippen LogP contribution in [0.4, 0.5) is 0 Å². The Morgan fingerprint density at radius 2 is 2.35 bits per heavy atom. The first-order valence-electron chi connectivity index (χ1n) is 5.46. The normalized spacial score (nSPS) is 21.1. The molecule has 1 saturated heterocycles. The fourth-order valence-electron chi connectivity index (χ4n) is 1.63. The molecule has 0 aromatic heterocycles. The molecular formula is C12H14ClNO3. The predicted octanol–water partition coefficient (Wildman–Crippen LogP) is 2.05. The Labute approximate surface area is 105 Å². The molecule has 0 saturated carbocycles. The second kappa shape index (κ2) is 4.94. The van der Waals surface area contributed by atoms with Crippen LogP contribution in [0.3, 0.4) is 0 Å². The molecule has 1 aliphatic rings. The quantitative estimate of drug-likeness (QED) is 0.840. The number of cyclic esters (lactones) is 1. The smallest absolute Gasteiger partial charge is 0.347 e. The number of nitrogens with two attached hydrogens (primary N) is 1. The largest absolute Gasteiger partial charge is 0.477 e. The molecule has 2 rings (SSSR count). The number of carbonyl (C=O) groups is 1. The van der Waals surface area contributed by atoms with Gasteiger partial charge in [0.25, 0.3) is 0 Å². The minimum Gasteiger partial charge on any atom is -0.477 e. The number of hydrogen-bond donors (Lipinski definition) is 1. The molecule has 0 radical (unpaired) electrons. The van der Waals surface area contributed by atoms with Crippen LogP contribution in [-0.4, -0.2) is 18.7 Å². The van der Waals surface area contributed by atoms with Gasteiger partial charge < -0.3 is 15.2 Å². The lowest BCUT2D eigenvalue weighted by molar-refractivity contribution is -0.143. The van der Waals surface area contributed by atoms with Gasteiger partial charge in [-0.15, -0.1) is 0 Å². The van der Waals surface area contributed by atoms with Crippen LogP contribution in [0, 0.1) is 0 Å². The standard InChI is InChI=1S/C12H14ClNO3/c1-7(14)8-2-3-10(9(13)6-8)17-11-4-5-16-12(11)15/h2-3,6-7,11H,4-5,14H2,1H3/t7-,11?/m0/s1. The second-order valence-corrected chi connectivity index (χ2v) is 4.45. The Morgan fingerprint density at radius 3 is 2.88 bits per heavy atom. The first-order valence-corrected chi connectivity index (χ1v) is 5.84. The lowest BCUT2D eigenvalue weighted by Gasteiger charge is -2.13. The zero-order valence-electron chi connectivity index (χ0n) is 9.48. The van der Waals surface area contributed by atoms with Gasteiger partial charge in [0.15, 0.2) is 6.10 Å². The van der Waals surface area contributed by atoms with Gasteiger partial charge in [-0.3, -0.25) is 0 Å². The van der Waals surface area contributed by atoms with Gasteiger partial charge in [-0.2, -0.15) is 0 Å². The lowest BCUT2D eigenvalue weighted by atomic mass is 10.1. The highest BCUT2D eigenvalue weighted by Gasteiger charge is 2.28. The highest BCUT2D eigenvalue weighted by atomic mass is 35.5. The number of halogens is 1. The van der Waals surface area contributed by atoms with E-state index in [1.807, 2.05) is 13.0 Å². The number of hydrogen-bond acceptors (Lipinski definition) is 4. The summed E-state index contributed by atoms with van der Waals surface area (Å²) < 4.78 is 10.3. The van der Waals surface area contributed by atoms with Crippen LogP contribution in [0.25, 0.3) is 0 Å². The summed E-state index contributed by atoms with van der Waals surface area (Å²) in [5.41, 5.74) is 6.67. The van der Waals surface area contributed by atoms with Crippen molar-refractivity contribution in [2.45, 2.75) is 25.5 Å². The molecule has 17 heavy (non-hydrogen) atoms. The summed E-state index contributed by atoms with van der Waals surface area (Å²) in [4.78, 5) is 11.3. The first kappa shape index (κ1) is 12.2. The molecule has 1 fully saturated rings. The van der Waals surface area contributed by atoms with Crippen LogP contribution in [0.15, 0.2) is 18.2 Å². The third kappa shape index (κ3) is 2.70. The number of benzene rings is 1. The summed E-state index contributed by atoms with van der Waals surface area (Å²) in [7, 11) is 0. The van der Waals surface area contributed by atoms with Crippen molar-refractivity contribution in [1.29, 1.82) is 0 Å². The Bertz CT molecular complexity index is 434. The maximum Gasteiger partial charge on any atom is 0.347 e. The Balaban J connectivity index is 2.14. The number of carbonyl (C=O) groups excluding carboxylic acids is 1. The third-order valence-corrected chi connectivity index (χ3v) is 2.93. The van der Waals surface area contributed by atoms with Crippen LogP contribution in [-0.2, 0) is 9.53 Å². The maximum atomic E-state index is 11.3. The van der Waals surface area contributed by atoms with Gasteiger partial charge in [0.05, 0.1) is 11.6 Å². The maximum absolute atomic E-state index is 11.3. The highest BCUT2D eigenvalue weighted by Crippen LogP contribution is 2.29. The van der Waals surface area contributed by atoms with E-state index in [1.54, 1.807) is 12.1 Å². The molecule has 5 heteroatoms. The van der Waals surface area contributed by atoms with E-state index in [9.17, 15) is 4.79 Å². The molecule has 1 unspecified atom stereocenters. The Kier molecular flexibility index (Phi) is 3.54. The average molecular weight is 256 g/mol. The van der Waals surface area contributed by atoms with Gasteiger partial charge in [-0.1, -0.05) is 17.7 Å². The van der Waals surface area contributed by atoms with Crippen LogP contribution < -0.4 is 10.5 Å². The zero-order chi connectivity index (χ0) is 12.4. The summed E-state index contributed by atoms with van der Waals surface area (Å²) in [6.45, 7) is 2.28. The summed E-state index contributed by atoms with van der Waals surface area (Å²) >= 11 is 6.07. The van der Waals surface area contributed by atoms with Crippen LogP contribution >= 0.6 is 11.6 Å². The van der Waals surface area contributed by atoms with Crippen molar-refractivity contribution in [1.82, 2.24) is 0 Å². The molecule has 92 valence electrons. The second-order valence-electron chi connectivity index (χ2n) is 4.04. The summed E-state index contributed by atoms with van der Waals surface area (Å²) in [5, 5.41) is 0.458. The van der Waals surface area contributed by atoms with E-state index in [4.69, 9.17) is 26.8 Å². The van der Waals surface area contributed by atoms with Gasteiger partial charge in [0.2, 0.25) is 0 Å². The van der Waals surface area contributed by atoms with E-state index in [2.05, 4.69) is 0 Å². The Hall–Kier alpha value is -1.26. The molecule has 0 amide bonds. The highest BCUT2D eigenvalue weighted by molar-refractivity contribution is 6.32. The summed E-state index contributed by atoms with van der Waals surface area (Å²) in [6, 6.07) is 5.23. The molecule has 0 bridgehead atoms. The van der Waals surface area contributed by atoms with Crippen molar-refractivity contribution in [2.75, 3.05) is 6.61 Å². The molecule has 4 nitrogen and oxygen atoms in total. The fraction of sp³-hybridized carbons (Fsp3) is 0.417. The van der Waals surface area contributed by atoms with Crippen LogP contribution in [0.2, 0.25) is 5.02 Å². The van der Waals surface area contributed by atoms with Crippen molar-refractivity contribution < 1.29 is 14.3 Å². The van der Waals surface area contributed by atoms with E-state index in [0.29, 0.717) is 23.8 Å². The molecule has 1 aliphatic heterocycles. The SMILES string of the molecule is C[C@H](N)c1ccc(OC2CCOC2=O)c(Cl)c1. The van der Waals surface area contributed by atoms with Gasteiger partial charge in [0.1, 0.15) is 5.75 Å². The van der Waals surface area contributed by atoms with Crippen molar-refractivity contribution >= 4 is 17.6 Å². The minimum absolute atomic E-state index is 0.0852. The van der Waals surface area contributed by atoms with Gasteiger partial charge >= 0.3 is 5.97 Å². The third-order valence-electron chi connectivity index (χ3n) is 2.64. The van der Waals surface area contributed by atoms with E-state index in [0.717, 1.165) is 5.56 Å². The van der Waals surface area contributed by atoms with Crippen molar-refractivity contribution in [3.05, 3.63) is 28.8 Å². The topological polar surface area (TPSA) is 61.6 Å².